The molecule has 31 heavy (non-hydrogen) atoms. The Morgan fingerprint density at radius 1 is 1.00 bits per heavy atom. The van der Waals surface area contributed by atoms with E-state index in [0.29, 0.717) is 32.6 Å². The molecule has 0 atom stereocenters. The molecular weight excluding hydrogens is 390 g/mol. The molecule has 0 saturated carbocycles. The van der Waals surface area contributed by atoms with Gasteiger partial charge < -0.3 is 14.7 Å². The number of hydrogen-bond acceptors (Lipinski definition) is 5. The molecule has 0 bridgehead atoms. The first kappa shape index (κ1) is 22.7. The number of anilines is 1. The van der Waals surface area contributed by atoms with Gasteiger partial charge in [0.15, 0.2) is 5.82 Å². The van der Waals surface area contributed by atoms with Crippen LogP contribution in [0.15, 0.2) is 42.5 Å². The lowest BCUT2D eigenvalue weighted by molar-refractivity contribution is -0.140. The van der Waals surface area contributed by atoms with Crippen molar-refractivity contribution in [1.82, 2.24) is 20.0 Å². The van der Waals surface area contributed by atoms with Crippen LogP contribution in [0.1, 0.15) is 33.6 Å². The summed E-state index contributed by atoms with van der Waals surface area (Å²) in [5.41, 5.74) is 1.89. The number of aromatic nitrogens is 2. The van der Waals surface area contributed by atoms with Gasteiger partial charge in [-0.25, -0.2) is 0 Å². The first-order valence-electron chi connectivity index (χ1n) is 11.2. The lowest BCUT2D eigenvalue weighted by atomic mass is 10.1. The molecule has 0 unspecified atom stereocenters. The zero-order valence-corrected chi connectivity index (χ0v) is 18.8. The van der Waals surface area contributed by atoms with Gasteiger partial charge in [0.2, 0.25) is 11.8 Å². The van der Waals surface area contributed by atoms with E-state index in [2.05, 4.69) is 15.1 Å². The third kappa shape index (κ3) is 6.26. The molecule has 1 aliphatic rings. The fourth-order valence-electron chi connectivity index (χ4n) is 3.77. The molecule has 3 rings (SSSR count). The fourth-order valence-corrected chi connectivity index (χ4v) is 3.77. The third-order valence-electron chi connectivity index (χ3n) is 5.54. The number of rotatable bonds is 7. The zero-order valence-electron chi connectivity index (χ0n) is 18.8. The van der Waals surface area contributed by atoms with Crippen LogP contribution in [0.2, 0.25) is 0 Å². The minimum atomic E-state index is 0.0197. The maximum atomic E-state index is 12.8. The van der Waals surface area contributed by atoms with E-state index in [1.165, 1.54) is 0 Å². The van der Waals surface area contributed by atoms with Gasteiger partial charge in [0.25, 0.3) is 0 Å². The quantitative estimate of drug-likeness (QED) is 0.685. The highest BCUT2D eigenvalue weighted by molar-refractivity contribution is 5.85. The maximum absolute atomic E-state index is 12.8. The van der Waals surface area contributed by atoms with Gasteiger partial charge in [0.1, 0.15) is 0 Å². The van der Waals surface area contributed by atoms with Crippen LogP contribution in [-0.2, 0) is 9.59 Å². The molecule has 0 radical (unpaired) electrons. The van der Waals surface area contributed by atoms with Crippen molar-refractivity contribution >= 4 is 17.6 Å². The average Bonchev–Trinajstić information content (AvgIpc) is 3.04. The third-order valence-corrected chi connectivity index (χ3v) is 5.54. The first-order valence-corrected chi connectivity index (χ1v) is 11.2. The number of carbonyl (C=O) groups excluding carboxylic acids is 2. The lowest BCUT2D eigenvalue weighted by Crippen LogP contribution is -2.44. The van der Waals surface area contributed by atoms with Crippen LogP contribution in [0.25, 0.3) is 11.3 Å². The number of benzene rings is 1. The number of likely N-dealkylation sites (N-methyl/N-ethyl adjacent to an activating group) is 1. The number of hydrogen-bond donors (Lipinski definition) is 0. The average molecular weight is 424 g/mol. The SMILES string of the molecule is CCN(CC(=O)N1CCCN(c2ccc(-c3ccccc3)nn2)CC1)C(=O)CC(C)C. The van der Waals surface area contributed by atoms with Crippen molar-refractivity contribution in [2.24, 2.45) is 5.92 Å². The van der Waals surface area contributed by atoms with E-state index >= 15 is 0 Å². The fraction of sp³-hybridized carbons (Fsp3) is 0.500. The standard InChI is InChI=1S/C24H33N5O2/c1-4-27(23(30)17-19(2)3)18-24(31)29-14-8-13-28(15-16-29)22-12-11-21(25-26-22)20-9-6-5-7-10-20/h5-7,9-12,19H,4,8,13-18H2,1-3H3. The van der Waals surface area contributed by atoms with E-state index in [1.54, 1.807) is 4.90 Å². The molecule has 166 valence electrons. The summed E-state index contributed by atoms with van der Waals surface area (Å²) in [6.07, 6.45) is 1.34. The smallest absolute Gasteiger partial charge is 0.242 e. The van der Waals surface area contributed by atoms with Gasteiger partial charge >= 0.3 is 0 Å². The van der Waals surface area contributed by atoms with Gasteiger partial charge in [0, 0.05) is 44.7 Å². The topological polar surface area (TPSA) is 69.6 Å². The van der Waals surface area contributed by atoms with E-state index < -0.39 is 0 Å². The van der Waals surface area contributed by atoms with Gasteiger partial charge in [-0.3, -0.25) is 9.59 Å². The van der Waals surface area contributed by atoms with Crippen molar-refractivity contribution < 1.29 is 9.59 Å². The lowest BCUT2D eigenvalue weighted by Gasteiger charge is -2.26. The maximum Gasteiger partial charge on any atom is 0.242 e. The van der Waals surface area contributed by atoms with Crippen molar-refractivity contribution in [3.63, 3.8) is 0 Å². The molecule has 1 saturated heterocycles. The Kier molecular flexibility index (Phi) is 7.98. The molecule has 0 aliphatic carbocycles. The summed E-state index contributed by atoms with van der Waals surface area (Å²) in [7, 11) is 0. The largest absolute Gasteiger partial charge is 0.353 e. The van der Waals surface area contributed by atoms with Crippen LogP contribution in [0.5, 0.6) is 0 Å². The molecule has 1 aliphatic heterocycles. The minimum absolute atomic E-state index is 0.0197. The Bertz CT molecular complexity index is 854. The van der Waals surface area contributed by atoms with Crippen LogP contribution in [-0.4, -0.2) is 71.1 Å². The highest BCUT2D eigenvalue weighted by atomic mass is 16.2. The second-order valence-electron chi connectivity index (χ2n) is 8.37. The van der Waals surface area contributed by atoms with Gasteiger partial charge in [-0.15, -0.1) is 10.2 Å². The minimum Gasteiger partial charge on any atom is -0.353 e. The molecule has 2 amide bonds. The normalized spacial score (nSPS) is 14.5. The van der Waals surface area contributed by atoms with E-state index in [0.717, 1.165) is 30.0 Å². The molecule has 0 N–H and O–H groups in total. The summed E-state index contributed by atoms with van der Waals surface area (Å²) < 4.78 is 0. The van der Waals surface area contributed by atoms with E-state index in [1.807, 2.05) is 68.1 Å². The highest BCUT2D eigenvalue weighted by Crippen LogP contribution is 2.19. The molecule has 1 aromatic heterocycles. The number of nitrogens with zero attached hydrogens (tertiary/aromatic N) is 5. The summed E-state index contributed by atoms with van der Waals surface area (Å²) in [5, 5.41) is 8.81. The van der Waals surface area contributed by atoms with Crippen molar-refractivity contribution in [1.29, 1.82) is 0 Å². The molecule has 2 heterocycles. The Morgan fingerprint density at radius 3 is 2.42 bits per heavy atom. The van der Waals surface area contributed by atoms with Crippen molar-refractivity contribution in [3.8, 4) is 11.3 Å². The predicted molar refractivity (Wildman–Crippen MR) is 123 cm³/mol. The first-order chi connectivity index (χ1) is 15.0. The van der Waals surface area contributed by atoms with Crippen LogP contribution in [0, 0.1) is 5.92 Å². The Labute approximate surface area is 185 Å². The van der Waals surface area contributed by atoms with Crippen LogP contribution < -0.4 is 4.90 Å². The van der Waals surface area contributed by atoms with Gasteiger partial charge in [-0.1, -0.05) is 44.2 Å². The van der Waals surface area contributed by atoms with Crippen molar-refractivity contribution in [3.05, 3.63) is 42.5 Å². The van der Waals surface area contributed by atoms with Crippen LogP contribution in [0.4, 0.5) is 5.82 Å². The van der Waals surface area contributed by atoms with Crippen molar-refractivity contribution in [2.45, 2.75) is 33.6 Å². The zero-order chi connectivity index (χ0) is 22.2. The second kappa shape index (κ2) is 10.9. The number of carbonyl (C=O) groups is 2. The Morgan fingerprint density at radius 2 is 1.77 bits per heavy atom. The molecule has 7 nitrogen and oxygen atoms in total. The molecule has 7 heteroatoms. The van der Waals surface area contributed by atoms with Crippen LogP contribution in [0.3, 0.4) is 0 Å². The summed E-state index contributed by atoms with van der Waals surface area (Å²) in [6, 6.07) is 14.0. The molecule has 1 fully saturated rings. The Balaban J connectivity index is 1.57. The number of amides is 2. The Hall–Kier alpha value is -2.96. The van der Waals surface area contributed by atoms with Gasteiger partial charge in [-0.05, 0) is 31.4 Å². The second-order valence-corrected chi connectivity index (χ2v) is 8.37. The van der Waals surface area contributed by atoms with E-state index in [9.17, 15) is 9.59 Å². The molecular formula is C24H33N5O2. The predicted octanol–water partition coefficient (Wildman–Crippen LogP) is 3.08. The summed E-state index contributed by atoms with van der Waals surface area (Å²) in [6.45, 7) is 9.53. The highest BCUT2D eigenvalue weighted by Gasteiger charge is 2.23. The summed E-state index contributed by atoms with van der Waals surface area (Å²) >= 11 is 0. The van der Waals surface area contributed by atoms with E-state index in [-0.39, 0.29) is 24.3 Å². The van der Waals surface area contributed by atoms with Gasteiger partial charge in [0.05, 0.1) is 12.2 Å². The van der Waals surface area contributed by atoms with Crippen molar-refractivity contribution in [2.75, 3.05) is 44.2 Å². The molecule has 0 spiro atoms. The summed E-state index contributed by atoms with van der Waals surface area (Å²) in [4.78, 5) is 30.9. The van der Waals surface area contributed by atoms with Crippen LogP contribution >= 0.6 is 0 Å². The molecule has 1 aromatic carbocycles. The summed E-state index contributed by atoms with van der Waals surface area (Å²) in [5.74, 6) is 1.19. The van der Waals surface area contributed by atoms with Gasteiger partial charge in [-0.2, -0.15) is 0 Å². The molecule has 2 aromatic rings. The monoisotopic (exact) mass is 423 g/mol. The van der Waals surface area contributed by atoms with E-state index in [4.69, 9.17) is 0 Å².